The smallest absolute Gasteiger partial charge is 0.0503 e. The topological polar surface area (TPSA) is 21.3 Å². The Balaban J connectivity index is 2.63. The molecule has 1 aromatic rings. The summed E-state index contributed by atoms with van der Waals surface area (Å²) in [5, 5.41) is 3.69. The van der Waals surface area contributed by atoms with Crippen LogP contribution in [0.15, 0.2) is 24.3 Å². The minimum absolute atomic E-state index is 0.591. The molecule has 0 aliphatic heterocycles. The van der Waals surface area contributed by atoms with E-state index in [1.165, 1.54) is 36.9 Å². The zero-order chi connectivity index (χ0) is 13.2. The van der Waals surface area contributed by atoms with Gasteiger partial charge in [-0.15, -0.1) is 0 Å². The number of methoxy groups -OCH3 is 1. The Morgan fingerprint density at radius 1 is 1.22 bits per heavy atom. The number of para-hydroxylation sites is 1. The van der Waals surface area contributed by atoms with Crippen molar-refractivity contribution in [2.75, 3.05) is 19.0 Å². The van der Waals surface area contributed by atoms with Gasteiger partial charge in [-0.2, -0.15) is 0 Å². The van der Waals surface area contributed by atoms with Gasteiger partial charge >= 0.3 is 0 Å². The molecule has 0 spiro atoms. The molecule has 102 valence electrons. The summed E-state index contributed by atoms with van der Waals surface area (Å²) in [5.74, 6) is 0. The van der Waals surface area contributed by atoms with Crippen molar-refractivity contribution < 1.29 is 4.74 Å². The average molecular weight is 249 g/mol. The van der Waals surface area contributed by atoms with Crippen LogP contribution in [0.2, 0.25) is 0 Å². The summed E-state index contributed by atoms with van der Waals surface area (Å²) in [5.41, 5.74) is 2.63. The van der Waals surface area contributed by atoms with E-state index in [4.69, 9.17) is 4.74 Å². The molecule has 0 aliphatic rings. The van der Waals surface area contributed by atoms with Crippen molar-refractivity contribution in [1.82, 2.24) is 0 Å². The molecular weight excluding hydrogens is 222 g/mol. The minimum atomic E-state index is 0.591. The Morgan fingerprint density at radius 2 is 2.00 bits per heavy atom. The van der Waals surface area contributed by atoms with E-state index in [1.807, 2.05) is 0 Å². The van der Waals surface area contributed by atoms with E-state index in [0.717, 1.165) is 13.0 Å². The van der Waals surface area contributed by atoms with Crippen LogP contribution in [0.4, 0.5) is 5.69 Å². The Bertz CT molecular complexity index is 325. The molecule has 0 radical (unpaired) electrons. The molecule has 18 heavy (non-hydrogen) atoms. The monoisotopic (exact) mass is 249 g/mol. The fourth-order valence-electron chi connectivity index (χ4n) is 2.14. The summed E-state index contributed by atoms with van der Waals surface area (Å²) in [4.78, 5) is 0. The quantitative estimate of drug-likeness (QED) is 0.706. The SMILES string of the molecule is CCCCC(CC)Nc1ccccc1CCOC. The third-order valence-electron chi connectivity index (χ3n) is 3.35. The number of unbranched alkanes of at least 4 members (excludes halogenated alkanes) is 1. The third kappa shape index (κ3) is 5.09. The molecule has 0 saturated heterocycles. The second-order valence-electron chi connectivity index (χ2n) is 4.79. The van der Waals surface area contributed by atoms with Crippen LogP contribution in [0.25, 0.3) is 0 Å². The van der Waals surface area contributed by atoms with Crippen LogP contribution in [0, 0.1) is 0 Å². The van der Waals surface area contributed by atoms with Gasteiger partial charge in [-0.25, -0.2) is 0 Å². The first-order chi connectivity index (χ1) is 8.81. The van der Waals surface area contributed by atoms with E-state index in [-0.39, 0.29) is 0 Å². The van der Waals surface area contributed by atoms with Crippen molar-refractivity contribution in [1.29, 1.82) is 0 Å². The van der Waals surface area contributed by atoms with Crippen LogP contribution in [-0.4, -0.2) is 19.8 Å². The van der Waals surface area contributed by atoms with Crippen molar-refractivity contribution in [3.63, 3.8) is 0 Å². The number of ether oxygens (including phenoxy) is 1. The van der Waals surface area contributed by atoms with Gasteiger partial charge in [0.2, 0.25) is 0 Å². The first-order valence-electron chi connectivity index (χ1n) is 7.15. The Labute approximate surface area is 112 Å². The predicted octanol–water partition coefficient (Wildman–Crippen LogP) is 4.26. The van der Waals surface area contributed by atoms with Gasteiger partial charge in [-0.3, -0.25) is 0 Å². The summed E-state index contributed by atoms with van der Waals surface area (Å²) in [6, 6.07) is 9.16. The Morgan fingerprint density at radius 3 is 2.67 bits per heavy atom. The molecule has 0 aromatic heterocycles. The van der Waals surface area contributed by atoms with Gasteiger partial charge in [0.15, 0.2) is 0 Å². The van der Waals surface area contributed by atoms with Crippen molar-refractivity contribution >= 4 is 5.69 Å². The van der Waals surface area contributed by atoms with Gasteiger partial charge in [-0.1, -0.05) is 44.9 Å². The predicted molar refractivity (Wildman–Crippen MR) is 79.2 cm³/mol. The maximum Gasteiger partial charge on any atom is 0.0503 e. The van der Waals surface area contributed by atoms with Gasteiger partial charge < -0.3 is 10.1 Å². The highest BCUT2D eigenvalue weighted by Crippen LogP contribution is 2.19. The molecule has 0 bridgehead atoms. The standard InChI is InChI=1S/C16H27NO/c1-4-6-10-15(5-2)17-16-11-8-7-9-14(16)12-13-18-3/h7-9,11,15,17H,4-6,10,12-13H2,1-3H3. The highest BCUT2D eigenvalue weighted by molar-refractivity contribution is 5.51. The zero-order valence-electron chi connectivity index (χ0n) is 12.0. The van der Waals surface area contributed by atoms with E-state index in [0.29, 0.717) is 6.04 Å². The average Bonchev–Trinajstić information content (AvgIpc) is 2.42. The Hall–Kier alpha value is -1.02. The lowest BCUT2D eigenvalue weighted by Gasteiger charge is -2.20. The second kappa shape index (κ2) is 8.98. The molecule has 0 heterocycles. The summed E-state index contributed by atoms with van der Waals surface area (Å²) < 4.78 is 5.17. The van der Waals surface area contributed by atoms with Crippen LogP contribution in [0.1, 0.15) is 45.1 Å². The van der Waals surface area contributed by atoms with E-state index < -0.39 is 0 Å². The molecule has 0 aliphatic carbocycles. The molecule has 1 atom stereocenters. The molecule has 1 N–H and O–H groups in total. The molecule has 0 saturated carbocycles. The van der Waals surface area contributed by atoms with E-state index in [2.05, 4.69) is 43.4 Å². The number of benzene rings is 1. The van der Waals surface area contributed by atoms with Gasteiger partial charge in [0, 0.05) is 18.8 Å². The lowest BCUT2D eigenvalue weighted by molar-refractivity contribution is 0.202. The molecule has 0 amide bonds. The number of hydrogen-bond donors (Lipinski definition) is 1. The van der Waals surface area contributed by atoms with E-state index in [9.17, 15) is 0 Å². The summed E-state index contributed by atoms with van der Waals surface area (Å²) >= 11 is 0. The largest absolute Gasteiger partial charge is 0.384 e. The fourth-order valence-corrected chi connectivity index (χ4v) is 2.14. The van der Waals surface area contributed by atoms with Crippen LogP contribution >= 0.6 is 0 Å². The second-order valence-corrected chi connectivity index (χ2v) is 4.79. The molecule has 0 fully saturated rings. The lowest BCUT2D eigenvalue weighted by atomic mass is 10.0. The number of hydrogen-bond acceptors (Lipinski definition) is 2. The van der Waals surface area contributed by atoms with Crippen LogP contribution in [0.5, 0.6) is 0 Å². The van der Waals surface area contributed by atoms with Crippen molar-refractivity contribution in [2.45, 2.75) is 52.0 Å². The highest BCUT2D eigenvalue weighted by Gasteiger charge is 2.08. The van der Waals surface area contributed by atoms with Crippen LogP contribution < -0.4 is 5.32 Å². The molecule has 1 unspecified atom stereocenters. The van der Waals surface area contributed by atoms with E-state index in [1.54, 1.807) is 7.11 Å². The molecule has 1 aromatic carbocycles. The lowest BCUT2D eigenvalue weighted by Crippen LogP contribution is -2.19. The van der Waals surface area contributed by atoms with Crippen molar-refractivity contribution in [3.8, 4) is 0 Å². The molecular formula is C16H27NO. The normalized spacial score (nSPS) is 12.4. The third-order valence-corrected chi connectivity index (χ3v) is 3.35. The zero-order valence-corrected chi connectivity index (χ0v) is 12.0. The maximum absolute atomic E-state index is 5.17. The summed E-state index contributed by atoms with van der Waals surface area (Å²) in [7, 11) is 1.76. The van der Waals surface area contributed by atoms with E-state index >= 15 is 0 Å². The van der Waals surface area contributed by atoms with Gasteiger partial charge in [0.25, 0.3) is 0 Å². The van der Waals surface area contributed by atoms with Crippen LogP contribution in [0.3, 0.4) is 0 Å². The van der Waals surface area contributed by atoms with Gasteiger partial charge in [0.05, 0.1) is 6.61 Å². The minimum Gasteiger partial charge on any atom is -0.384 e. The van der Waals surface area contributed by atoms with Gasteiger partial charge in [-0.05, 0) is 30.9 Å². The number of anilines is 1. The first-order valence-corrected chi connectivity index (χ1v) is 7.15. The van der Waals surface area contributed by atoms with Crippen LogP contribution in [-0.2, 0) is 11.2 Å². The number of rotatable bonds is 9. The Kier molecular flexibility index (Phi) is 7.51. The molecule has 1 rings (SSSR count). The van der Waals surface area contributed by atoms with Crippen molar-refractivity contribution in [2.24, 2.45) is 0 Å². The first kappa shape index (κ1) is 15.0. The summed E-state index contributed by atoms with van der Waals surface area (Å²) in [6.07, 6.45) is 5.98. The molecule has 2 nitrogen and oxygen atoms in total. The summed E-state index contributed by atoms with van der Waals surface area (Å²) in [6.45, 7) is 5.29. The maximum atomic E-state index is 5.17. The fraction of sp³-hybridized carbons (Fsp3) is 0.625. The van der Waals surface area contributed by atoms with Gasteiger partial charge in [0.1, 0.15) is 0 Å². The highest BCUT2D eigenvalue weighted by atomic mass is 16.5. The van der Waals surface area contributed by atoms with Crippen molar-refractivity contribution in [3.05, 3.63) is 29.8 Å². The molecule has 2 heteroatoms. The number of nitrogens with one attached hydrogen (secondary N) is 1.